The van der Waals surface area contributed by atoms with Crippen LogP contribution in [0.1, 0.15) is 115 Å². The number of aryl methyl sites for hydroxylation is 1. The molecular weight excluding hydrogens is 789 g/mol. The second-order valence-electron chi connectivity index (χ2n) is 21.3. The molecule has 1 unspecified atom stereocenters. The quantitative estimate of drug-likeness (QED) is 0.148. The zero-order valence-electron chi connectivity index (χ0n) is 37.6. The molecule has 1 aromatic heterocycles. The van der Waals surface area contributed by atoms with Gasteiger partial charge in [-0.15, -0.1) is 0 Å². The molecule has 10 nitrogen and oxygen atoms in total. The van der Waals surface area contributed by atoms with E-state index >= 15 is 0 Å². The van der Waals surface area contributed by atoms with E-state index in [-0.39, 0.29) is 34.5 Å². The van der Waals surface area contributed by atoms with E-state index in [4.69, 9.17) is 4.43 Å². The monoisotopic (exact) mass is 857 g/mol. The molecule has 2 amide bonds. The first-order chi connectivity index (χ1) is 29.9. The van der Waals surface area contributed by atoms with Crippen molar-refractivity contribution in [2.75, 3.05) is 45.9 Å². The van der Waals surface area contributed by atoms with Gasteiger partial charge in [0.2, 0.25) is 11.8 Å². The predicted molar refractivity (Wildman–Crippen MR) is 249 cm³/mol. The number of fused-ring (bicyclic) bond motifs is 2. The summed E-state index contributed by atoms with van der Waals surface area (Å²) in [6.07, 6.45) is 13.3. The van der Waals surface area contributed by atoms with Crippen LogP contribution in [0.15, 0.2) is 83.7 Å². The Balaban J connectivity index is 0.723. The molecule has 62 heavy (non-hydrogen) atoms. The van der Waals surface area contributed by atoms with Crippen LogP contribution in [0.2, 0.25) is 5.04 Å². The van der Waals surface area contributed by atoms with Crippen molar-refractivity contribution in [1.29, 1.82) is 0 Å². The summed E-state index contributed by atoms with van der Waals surface area (Å²) in [5, 5.41) is 5.17. The lowest BCUT2D eigenvalue weighted by Gasteiger charge is -2.56. The van der Waals surface area contributed by atoms with Gasteiger partial charge in [-0.25, -0.2) is 4.79 Å². The number of imide groups is 1. The number of carbonyl (C=O) groups excluding carboxylic acids is 2. The third-order valence-corrected chi connectivity index (χ3v) is 21.9. The molecule has 330 valence electrons. The molecule has 11 heteroatoms. The number of nitrogens with one attached hydrogen (secondary N) is 1. The SMILES string of the molecule is Cn1c(=O)n(C2CCC(=O)NC2=O)c2ccc(C3CCN(C4CC5(CCN(C[C@@H]6CC[C@]7(CO[Si](c8ccccc8)(c8ccccc8)C(C)(C)C)CCCN67)CC5)C4)CC3)cc21. The number of amides is 2. The summed E-state index contributed by atoms with van der Waals surface area (Å²) < 4.78 is 10.9. The van der Waals surface area contributed by atoms with Gasteiger partial charge in [-0.2, -0.15) is 0 Å². The van der Waals surface area contributed by atoms with Gasteiger partial charge in [-0.05, 0) is 148 Å². The van der Waals surface area contributed by atoms with E-state index in [1.165, 1.54) is 93.5 Å². The van der Waals surface area contributed by atoms with Gasteiger partial charge in [0, 0.05) is 37.6 Å². The fourth-order valence-corrected chi connectivity index (χ4v) is 18.0. The van der Waals surface area contributed by atoms with Crippen molar-refractivity contribution in [2.24, 2.45) is 12.5 Å². The molecular formula is C51H68N6O4Si. The fraction of sp³-hybridized carbons (Fsp3) is 0.588. The molecule has 1 N–H and O–H groups in total. The van der Waals surface area contributed by atoms with Gasteiger partial charge in [0.05, 0.1) is 17.6 Å². The van der Waals surface area contributed by atoms with Gasteiger partial charge >= 0.3 is 5.69 Å². The highest BCUT2D eigenvalue weighted by molar-refractivity contribution is 6.99. The topological polar surface area (TPSA) is 92.0 Å². The van der Waals surface area contributed by atoms with Crippen LogP contribution in [0.4, 0.5) is 0 Å². The van der Waals surface area contributed by atoms with Crippen LogP contribution < -0.4 is 21.4 Å². The lowest BCUT2D eigenvalue weighted by atomic mass is 9.59. The summed E-state index contributed by atoms with van der Waals surface area (Å²) in [7, 11) is -0.799. The minimum absolute atomic E-state index is 0.00909. The van der Waals surface area contributed by atoms with Crippen LogP contribution in [-0.2, 0) is 21.1 Å². The Kier molecular flexibility index (Phi) is 11.1. The third kappa shape index (κ3) is 7.27. The third-order valence-electron chi connectivity index (χ3n) is 16.9. The number of hydrogen-bond donors (Lipinski definition) is 1. The standard InChI is InChI=1S/C51H68N6O4Si/c1-49(2,3)62(41-12-7-5-8-13-41,42-14-9-6-10-15-42)61-36-51-23-11-27-56(51)39(20-24-51)35-54-30-25-50(26-31-54)33-40(34-50)55-28-21-37(22-29-55)38-16-17-43-45(32-38)53(4)48(60)57(43)44-18-19-46(58)52-47(44)59/h5-10,12-17,32,37,39-40,44H,11,18-31,33-36H2,1-4H3,(H,52,58,59)/t39-,44?,51-/m0/s1. The molecule has 6 heterocycles. The Morgan fingerprint density at radius 1 is 0.774 bits per heavy atom. The van der Waals surface area contributed by atoms with Crippen LogP contribution >= 0.6 is 0 Å². The smallest absolute Gasteiger partial charge is 0.329 e. The van der Waals surface area contributed by atoms with Crippen LogP contribution in [-0.4, -0.2) is 107 Å². The Bertz CT molecular complexity index is 2290. The highest BCUT2D eigenvalue weighted by Crippen LogP contribution is 2.52. The molecule has 3 atom stereocenters. The average Bonchev–Trinajstić information content (AvgIpc) is 3.91. The molecule has 0 radical (unpaired) electrons. The summed E-state index contributed by atoms with van der Waals surface area (Å²) in [5.74, 6) is -0.189. The first-order valence-corrected chi connectivity index (χ1v) is 25.8. The van der Waals surface area contributed by atoms with E-state index < -0.39 is 14.4 Å². The van der Waals surface area contributed by atoms with Gasteiger partial charge < -0.3 is 14.2 Å². The van der Waals surface area contributed by atoms with Crippen LogP contribution in [0.3, 0.4) is 0 Å². The molecule has 1 spiro atoms. The maximum Gasteiger partial charge on any atom is 0.329 e. The van der Waals surface area contributed by atoms with E-state index in [9.17, 15) is 14.4 Å². The van der Waals surface area contributed by atoms with Crippen molar-refractivity contribution in [3.63, 3.8) is 0 Å². The van der Waals surface area contributed by atoms with Gasteiger partial charge in [0.15, 0.2) is 0 Å². The molecule has 1 saturated carbocycles. The number of imidazole rings is 1. The minimum atomic E-state index is -2.59. The second kappa shape index (κ2) is 16.3. The van der Waals surface area contributed by atoms with E-state index in [2.05, 4.69) is 114 Å². The van der Waals surface area contributed by atoms with E-state index in [0.717, 1.165) is 43.6 Å². The number of likely N-dealkylation sites (tertiary alicyclic amines) is 2. The van der Waals surface area contributed by atoms with Crippen LogP contribution in [0, 0.1) is 5.41 Å². The van der Waals surface area contributed by atoms with Gasteiger partial charge in [0.25, 0.3) is 8.32 Å². The molecule has 4 aromatic rings. The molecule has 5 saturated heterocycles. The highest BCUT2D eigenvalue weighted by atomic mass is 28.4. The Labute approximate surface area is 369 Å². The first-order valence-electron chi connectivity index (χ1n) is 23.9. The zero-order chi connectivity index (χ0) is 42.9. The lowest BCUT2D eigenvalue weighted by Crippen LogP contribution is -2.68. The maximum absolute atomic E-state index is 13.3. The van der Waals surface area contributed by atoms with E-state index in [1.807, 2.05) is 6.07 Å². The molecule has 3 aromatic carbocycles. The van der Waals surface area contributed by atoms with Gasteiger partial charge in [0.1, 0.15) is 6.04 Å². The zero-order valence-corrected chi connectivity index (χ0v) is 38.6. The number of piperidine rings is 3. The van der Waals surface area contributed by atoms with Crippen molar-refractivity contribution >= 4 is 41.5 Å². The highest BCUT2D eigenvalue weighted by Gasteiger charge is 2.55. The number of nitrogens with zero attached hydrogens (tertiary/aromatic N) is 5. The molecule has 10 rings (SSSR count). The van der Waals surface area contributed by atoms with E-state index in [1.54, 1.807) is 16.2 Å². The van der Waals surface area contributed by atoms with Crippen molar-refractivity contribution in [2.45, 2.75) is 132 Å². The van der Waals surface area contributed by atoms with Crippen molar-refractivity contribution < 1.29 is 14.0 Å². The van der Waals surface area contributed by atoms with Crippen LogP contribution in [0.5, 0.6) is 0 Å². The van der Waals surface area contributed by atoms with Crippen LogP contribution in [0.25, 0.3) is 11.0 Å². The summed E-state index contributed by atoms with van der Waals surface area (Å²) in [5.41, 5.74) is 3.39. The summed E-state index contributed by atoms with van der Waals surface area (Å²) in [4.78, 5) is 46.3. The summed E-state index contributed by atoms with van der Waals surface area (Å²) >= 11 is 0. The van der Waals surface area contributed by atoms with Crippen molar-refractivity contribution in [3.8, 4) is 0 Å². The number of carbonyl (C=O) groups is 2. The van der Waals surface area contributed by atoms with Gasteiger partial charge in [-0.3, -0.25) is 28.9 Å². The molecule has 1 aliphatic carbocycles. The number of aromatic nitrogens is 2. The number of benzene rings is 3. The summed E-state index contributed by atoms with van der Waals surface area (Å²) in [6, 6.07) is 29.4. The predicted octanol–water partition coefficient (Wildman–Crippen LogP) is 6.32. The largest absolute Gasteiger partial charge is 0.406 e. The average molecular weight is 857 g/mol. The Morgan fingerprint density at radius 2 is 1.45 bits per heavy atom. The molecule has 0 bridgehead atoms. The number of rotatable bonds is 10. The Morgan fingerprint density at radius 3 is 2.10 bits per heavy atom. The normalized spacial score (nSPS) is 26.9. The Hall–Kier alpha value is -3.87. The maximum atomic E-state index is 13.3. The molecule has 5 aliphatic heterocycles. The van der Waals surface area contributed by atoms with Crippen molar-refractivity contribution in [3.05, 3.63) is 94.9 Å². The first kappa shape index (κ1) is 42.1. The molecule has 6 aliphatic rings. The van der Waals surface area contributed by atoms with Crippen molar-refractivity contribution in [1.82, 2.24) is 29.2 Å². The lowest BCUT2D eigenvalue weighted by molar-refractivity contribution is -0.135. The second-order valence-corrected chi connectivity index (χ2v) is 25.6. The minimum Gasteiger partial charge on any atom is -0.406 e. The number of hydrogen-bond acceptors (Lipinski definition) is 7. The molecule has 6 fully saturated rings. The van der Waals surface area contributed by atoms with Gasteiger partial charge in [-0.1, -0.05) is 87.5 Å². The van der Waals surface area contributed by atoms with E-state index in [0.29, 0.717) is 29.8 Å². The summed E-state index contributed by atoms with van der Waals surface area (Å²) in [6.45, 7) is 15.2. The fourth-order valence-electron chi connectivity index (χ4n) is 13.4.